The van der Waals surface area contributed by atoms with Crippen molar-refractivity contribution < 1.29 is 9.11 Å². The van der Waals surface area contributed by atoms with Crippen LogP contribution in [0.4, 0.5) is 0 Å². The van der Waals surface area contributed by atoms with Crippen LogP contribution in [-0.4, -0.2) is 20.0 Å². The highest BCUT2D eigenvalue weighted by Gasteiger charge is 2.29. The van der Waals surface area contributed by atoms with E-state index in [1.165, 1.54) is 5.41 Å². The van der Waals surface area contributed by atoms with E-state index in [1.807, 2.05) is 37.3 Å². The van der Waals surface area contributed by atoms with Crippen LogP contribution in [0.3, 0.4) is 0 Å². The summed E-state index contributed by atoms with van der Waals surface area (Å²) in [4.78, 5) is 0. The molecule has 2 rings (SSSR count). The van der Waals surface area contributed by atoms with Crippen LogP contribution in [0.2, 0.25) is 0 Å². The lowest BCUT2D eigenvalue weighted by Gasteiger charge is -2.39. The van der Waals surface area contributed by atoms with Crippen LogP contribution in [0, 0.1) is 0 Å². The van der Waals surface area contributed by atoms with Gasteiger partial charge in [-0.2, -0.15) is 4.31 Å². The predicted molar refractivity (Wildman–Crippen MR) is 63.6 cm³/mol. The summed E-state index contributed by atoms with van der Waals surface area (Å²) >= 11 is 0. The van der Waals surface area contributed by atoms with Gasteiger partial charge in [0.1, 0.15) is 0 Å². The van der Waals surface area contributed by atoms with Crippen molar-refractivity contribution in [1.82, 2.24) is 4.31 Å². The van der Waals surface area contributed by atoms with Gasteiger partial charge < -0.3 is 0 Å². The summed E-state index contributed by atoms with van der Waals surface area (Å²) < 4.78 is 21.2. The standard InChI is InChI=1S/C11H15NO2S/c1-10(11-6-3-2-4-7-11)12-8-5-9-15(12,13)14/h2-7,9-10,13-14H,8H2,1H3/t10-/m0/s1. The summed E-state index contributed by atoms with van der Waals surface area (Å²) in [7, 11) is -2.68. The minimum absolute atomic E-state index is 0.0196. The molecule has 4 heteroatoms. The highest BCUT2D eigenvalue weighted by Crippen LogP contribution is 2.52. The lowest BCUT2D eigenvalue weighted by molar-refractivity contribution is 0.333. The Balaban J connectivity index is 2.19. The lowest BCUT2D eigenvalue weighted by atomic mass is 10.1. The SMILES string of the molecule is C[C@@H](c1ccccc1)N1CC=CS1(O)O. The van der Waals surface area contributed by atoms with Crippen LogP contribution in [0.15, 0.2) is 41.8 Å². The Morgan fingerprint density at radius 1 is 1.27 bits per heavy atom. The molecule has 0 radical (unpaired) electrons. The molecule has 0 unspecified atom stereocenters. The quantitative estimate of drug-likeness (QED) is 0.812. The van der Waals surface area contributed by atoms with Crippen molar-refractivity contribution in [3.05, 3.63) is 47.4 Å². The molecule has 0 bridgehead atoms. The largest absolute Gasteiger partial charge is 0.282 e. The van der Waals surface area contributed by atoms with E-state index in [4.69, 9.17) is 0 Å². The van der Waals surface area contributed by atoms with Gasteiger partial charge in [-0.3, -0.25) is 9.11 Å². The van der Waals surface area contributed by atoms with Crippen LogP contribution in [0.5, 0.6) is 0 Å². The molecule has 0 aliphatic carbocycles. The van der Waals surface area contributed by atoms with Gasteiger partial charge in [0.25, 0.3) is 0 Å². The van der Waals surface area contributed by atoms with Gasteiger partial charge in [0.15, 0.2) is 0 Å². The molecule has 0 fully saturated rings. The van der Waals surface area contributed by atoms with E-state index in [0.717, 1.165) is 5.56 Å². The van der Waals surface area contributed by atoms with E-state index in [0.29, 0.717) is 6.54 Å². The molecule has 2 N–H and O–H groups in total. The molecule has 3 nitrogen and oxygen atoms in total. The summed E-state index contributed by atoms with van der Waals surface area (Å²) in [5, 5.41) is 1.49. The summed E-state index contributed by atoms with van der Waals surface area (Å²) in [5.74, 6) is 0. The third kappa shape index (κ3) is 2.08. The molecule has 0 aromatic heterocycles. The molecule has 1 aliphatic heterocycles. The zero-order valence-corrected chi connectivity index (χ0v) is 9.39. The van der Waals surface area contributed by atoms with Crippen molar-refractivity contribution in [3.8, 4) is 0 Å². The summed E-state index contributed by atoms with van der Waals surface area (Å²) in [6.07, 6.45) is 1.80. The Morgan fingerprint density at radius 3 is 2.47 bits per heavy atom. The second kappa shape index (κ2) is 3.98. The summed E-state index contributed by atoms with van der Waals surface area (Å²) in [5.41, 5.74) is 1.10. The molecular weight excluding hydrogens is 210 g/mol. The Bertz CT molecular complexity index is 364. The molecule has 1 atom stereocenters. The lowest BCUT2D eigenvalue weighted by Crippen LogP contribution is -2.25. The topological polar surface area (TPSA) is 43.7 Å². The van der Waals surface area contributed by atoms with Crippen LogP contribution < -0.4 is 0 Å². The highest BCUT2D eigenvalue weighted by atomic mass is 32.3. The van der Waals surface area contributed by atoms with Gasteiger partial charge in [-0.05, 0) is 12.5 Å². The molecule has 1 aromatic rings. The molecule has 0 saturated heterocycles. The summed E-state index contributed by atoms with van der Waals surface area (Å²) in [6, 6.07) is 9.89. The van der Waals surface area contributed by atoms with Gasteiger partial charge in [-0.15, -0.1) is 10.8 Å². The zero-order chi connectivity index (χ0) is 10.9. The second-order valence-corrected chi connectivity index (χ2v) is 5.48. The normalized spacial score (nSPS) is 23.9. The minimum Gasteiger partial charge on any atom is -0.282 e. The van der Waals surface area contributed by atoms with E-state index in [2.05, 4.69) is 0 Å². The van der Waals surface area contributed by atoms with Crippen molar-refractivity contribution in [1.29, 1.82) is 0 Å². The maximum Gasteiger partial charge on any atom is 0.0518 e. The van der Waals surface area contributed by atoms with Crippen molar-refractivity contribution in [2.75, 3.05) is 6.54 Å². The first-order valence-electron chi connectivity index (χ1n) is 4.88. The van der Waals surface area contributed by atoms with Gasteiger partial charge in [0.05, 0.1) is 6.04 Å². The van der Waals surface area contributed by atoms with E-state index in [-0.39, 0.29) is 6.04 Å². The number of nitrogens with zero attached hydrogens (tertiary/aromatic N) is 1. The van der Waals surface area contributed by atoms with Gasteiger partial charge in [-0.1, -0.05) is 36.4 Å². The maximum atomic E-state index is 9.76. The molecule has 0 spiro atoms. The Kier molecular flexibility index (Phi) is 2.84. The number of rotatable bonds is 2. The van der Waals surface area contributed by atoms with Crippen LogP contribution >= 0.6 is 10.8 Å². The van der Waals surface area contributed by atoms with Crippen LogP contribution in [0.1, 0.15) is 18.5 Å². The average Bonchev–Trinajstić information content (AvgIpc) is 2.58. The monoisotopic (exact) mass is 225 g/mol. The fourth-order valence-electron chi connectivity index (χ4n) is 1.75. The van der Waals surface area contributed by atoms with Crippen molar-refractivity contribution >= 4 is 10.8 Å². The maximum absolute atomic E-state index is 9.76. The average molecular weight is 225 g/mol. The molecule has 1 aliphatic rings. The first-order chi connectivity index (χ1) is 7.11. The Labute approximate surface area is 91.5 Å². The Hall–Kier alpha value is -0.810. The summed E-state index contributed by atoms with van der Waals surface area (Å²) in [6.45, 7) is 2.58. The molecule has 1 aromatic carbocycles. The fraction of sp³-hybridized carbons (Fsp3) is 0.273. The second-order valence-electron chi connectivity index (χ2n) is 3.62. The fourth-order valence-corrected chi connectivity index (χ4v) is 3.15. The number of hydrogen-bond donors (Lipinski definition) is 2. The third-order valence-electron chi connectivity index (χ3n) is 2.62. The highest BCUT2D eigenvalue weighted by molar-refractivity contribution is 8.25. The van der Waals surface area contributed by atoms with Gasteiger partial charge >= 0.3 is 0 Å². The van der Waals surface area contributed by atoms with Gasteiger partial charge in [0, 0.05) is 12.0 Å². The Morgan fingerprint density at radius 2 is 1.93 bits per heavy atom. The first-order valence-corrected chi connectivity index (χ1v) is 6.44. The van der Waals surface area contributed by atoms with Gasteiger partial charge in [0.2, 0.25) is 0 Å². The minimum atomic E-state index is -2.68. The molecule has 82 valence electrons. The van der Waals surface area contributed by atoms with E-state index in [1.54, 1.807) is 10.4 Å². The molecular formula is C11H15NO2S. The van der Waals surface area contributed by atoms with E-state index in [9.17, 15) is 9.11 Å². The molecule has 15 heavy (non-hydrogen) atoms. The number of benzene rings is 1. The zero-order valence-electron chi connectivity index (χ0n) is 8.58. The van der Waals surface area contributed by atoms with Crippen LogP contribution in [0.25, 0.3) is 0 Å². The molecule has 0 saturated carbocycles. The first kappa shape index (κ1) is 10.7. The number of hydrogen-bond acceptors (Lipinski definition) is 3. The van der Waals surface area contributed by atoms with Crippen molar-refractivity contribution in [2.24, 2.45) is 0 Å². The van der Waals surface area contributed by atoms with E-state index < -0.39 is 10.8 Å². The van der Waals surface area contributed by atoms with E-state index >= 15 is 0 Å². The van der Waals surface area contributed by atoms with Crippen LogP contribution in [-0.2, 0) is 0 Å². The van der Waals surface area contributed by atoms with Gasteiger partial charge in [-0.25, -0.2) is 0 Å². The smallest absolute Gasteiger partial charge is 0.0518 e. The molecule has 0 amide bonds. The van der Waals surface area contributed by atoms with Crippen molar-refractivity contribution in [2.45, 2.75) is 13.0 Å². The third-order valence-corrected chi connectivity index (χ3v) is 4.34. The predicted octanol–water partition coefficient (Wildman–Crippen LogP) is 3.24. The van der Waals surface area contributed by atoms with Crippen molar-refractivity contribution in [3.63, 3.8) is 0 Å². The molecule has 1 heterocycles.